The van der Waals surface area contributed by atoms with E-state index in [4.69, 9.17) is 10.6 Å². The molecule has 1 saturated heterocycles. The third-order valence-corrected chi connectivity index (χ3v) is 7.04. The molecule has 2 aliphatic rings. The van der Waals surface area contributed by atoms with Crippen molar-refractivity contribution in [1.82, 2.24) is 9.80 Å². The molecule has 0 radical (unpaired) electrons. The Kier molecular flexibility index (Phi) is 7.35. The number of anilines is 2. The summed E-state index contributed by atoms with van der Waals surface area (Å²) >= 11 is 1.38. The number of benzene rings is 2. The average molecular weight is 479 g/mol. The van der Waals surface area contributed by atoms with Gasteiger partial charge in [0.2, 0.25) is 0 Å². The van der Waals surface area contributed by atoms with Crippen LogP contribution in [0.3, 0.4) is 0 Å². The molecule has 0 atom stereocenters. The van der Waals surface area contributed by atoms with Crippen molar-refractivity contribution in [3.8, 4) is 0 Å². The monoisotopic (exact) mass is 478 g/mol. The Morgan fingerprint density at radius 1 is 0.939 bits per heavy atom. The van der Waals surface area contributed by atoms with Crippen LogP contribution >= 0.6 is 11.8 Å². The van der Waals surface area contributed by atoms with Crippen LogP contribution in [0.1, 0.15) is 12.0 Å². The highest BCUT2D eigenvalue weighted by atomic mass is 32.2. The summed E-state index contributed by atoms with van der Waals surface area (Å²) in [5.41, 5.74) is 9.91. The van der Waals surface area contributed by atoms with Crippen molar-refractivity contribution in [2.75, 3.05) is 57.3 Å². The summed E-state index contributed by atoms with van der Waals surface area (Å²) in [5, 5.41) is 12.7. The smallest absolute Gasteiger partial charge is 0.395 e. The van der Waals surface area contributed by atoms with Crippen molar-refractivity contribution >= 4 is 28.8 Å². The van der Waals surface area contributed by atoms with Crippen LogP contribution < -0.4 is 4.90 Å². The van der Waals surface area contributed by atoms with Crippen molar-refractivity contribution in [3.63, 3.8) is 0 Å². The van der Waals surface area contributed by atoms with Gasteiger partial charge in [-0.3, -0.25) is 4.90 Å². The molecule has 33 heavy (non-hydrogen) atoms. The summed E-state index contributed by atoms with van der Waals surface area (Å²) in [6.07, 6.45) is -3.62. The number of aliphatic hydroxyl groups excluding tert-OH is 1. The highest BCUT2D eigenvalue weighted by Gasteiger charge is 2.33. The Balaban J connectivity index is 1.53. The van der Waals surface area contributed by atoms with Crippen molar-refractivity contribution in [2.45, 2.75) is 22.4 Å². The van der Waals surface area contributed by atoms with Gasteiger partial charge >= 0.3 is 6.18 Å². The first-order valence-electron chi connectivity index (χ1n) is 10.8. The van der Waals surface area contributed by atoms with Crippen LogP contribution in [-0.4, -0.2) is 67.3 Å². The molecule has 4 rings (SSSR count). The van der Waals surface area contributed by atoms with E-state index in [0.717, 1.165) is 60.7 Å². The highest BCUT2D eigenvalue weighted by molar-refractivity contribution is 7.99. The molecule has 11 heteroatoms. The molecule has 176 valence electrons. The summed E-state index contributed by atoms with van der Waals surface area (Å²) in [7, 11) is 0. The normalized spacial score (nSPS) is 16.8. The summed E-state index contributed by atoms with van der Waals surface area (Å²) < 4.78 is 40.2. The average Bonchev–Trinajstić information content (AvgIpc) is 2.79. The van der Waals surface area contributed by atoms with Gasteiger partial charge in [0.15, 0.2) is 0 Å². The zero-order valence-electron chi connectivity index (χ0n) is 18.0. The molecule has 1 N–H and O–H groups in total. The van der Waals surface area contributed by atoms with Crippen LogP contribution in [0.15, 0.2) is 51.3 Å². The lowest BCUT2D eigenvalue weighted by atomic mass is 10.1. The number of halogens is 3. The second kappa shape index (κ2) is 10.2. The Bertz CT molecular complexity index is 1040. The van der Waals surface area contributed by atoms with Crippen LogP contribution in [0.2, 0.25) is 0 Å². The number of β-amino-alcohol motifs (C(OH)–C–C–N with tert-alkyl or cyclic N) is 1. The quantitative estimate of drug-likeness (QED) is 0.334. The summed E-state index contributed by atoms with van der Waals surface area (Å²) in [6.45, 7) is 5.90. The first kappa shape index (κ1) is 23.7. The number of fused-ring (bicyclic) bond motifs is 2. The van der Waals surface area contributed by atoms with E-state index < -0.39 is 11.7 Å². The summed E-state index contributed by atoms with van der Waals surface area (Å²) in [4.78, 5) is 10.9. The first-order chi connectivity index (χ1) is 15.9. The summed E-state index contributed by atoms with van der Waals surface area (Å²) in [6, 6.07) is 9.11. The Morgan fingerprint density at radius 2 is 1.67 bits per heavy atom. The minimum Gasteiger partial charge on any atom is -0.395 e. The molecule has 2 aromatic rings. The van der Waals surface area contributed by atoms with E-state index in [2.05, 4.69) is 19.8 Å². The molecule has 0 amide bonds. The van der Waals surface area contributed by atoms with Gasteiger partial charge < -0.3 is 14.9 Å². The number of hydrogen-bond acceptors (Lipinski definition) is 6. The third kappa shape index (κ3) is 5.56. The molecule has 2 aromatic carbocycles. The molecular formula is C22H25F3N6OS. The van der Waals surface area contributed by atoms with Crippen LogP contribution in [0.5, 0.6) is 0 Å². The largest absolute Gasteiger partial charge is 0.416 e. The molecule has 2 heterocycles. The predicted molar refractivity (Wildman–Crippen MR) is 122 cm³/mol. The van der Waals surface area contributed by atoms with Crippen LogP contribution in [0.4, 0.5) is 30.2 Å². The maximum Gasteiger partial charge on any atom is 0.416 e. The van der Waals surface area contributed by atoms with E-state index in [1.807, 2.05) is 11.0 Å². The Hall–Kier alpha value is -2.43. The molecule has 1 fully saturated rings. The fraction of sp³-hybridized carbons (Fsp3) is 0.455. The van der Waals surface area contributed by atoms with E-state index in [9.17, 15) is 13.2 Å². The minimum atomic E-state index is -4.41. The SMILES string of the molecule is [N-]=[N+]=Nc1ccc2c(c1)Sc1ccc(C(F)(F)F)cc1N2CCCN1CCN(CCO)CC1. The summed E-state index contributed by atoms with van der Waals surface area (Å²) in [5.74, 6) is 0. The number of piperazine rings is 1. The van der Waals surface area contributed by atoms with Crippen LogP contribution in [0, 0.1) is 0 Å². The zero-order valence-corrected chi connectivity index (χ0v) is 18.8. The topological polar surface area (TPSA) is 78.7 Å². The number of aliphatic hydroxyl groups is 1. The van der Waals surface area contributed by atoms with Gasteiger partial charge in [-0.2, -0.15) is 13.2 Å². The van der Waals surface area contributed by atoms with Crippen molar-refractivity contribution in [3.05, 3.63) is 52.4 Å². The van der Waals surface area contributed by atoms with Crippen LogP contribution in [-0.2, 0) is 6.18 Å². The van der Waals surface area contributed by atoms with Crippen molar-refractivity contribution in [2.24, 2.45) is 5.11 Å². The molecule has 2 aliphatic heterocycles. The van der Waals surface area contributed by atoms with Gasteiger partial charge in [-0.25, -0.2) is 0 Å². The van der Waals surface area contributed by atoms with Gasteiger partial charge in [0.1, 0.15) is 0 Å². The van der Waals surface area contributed by atoms with Gasteiger partial charge in [-0.1, -0.05) is 22.9 Å². The van der Waals surface area contributed by atoms with E-state index in [1.165, 1.54) is 23.9 Å². The number of nitrogens with zero attached hydrogens (tertiary/aromatic N) is 6. The Morgan fingerprint density at radius 3 is 2.33 bits per heavy atom. The van der Waals surface area contributed by atoms with Gasteiger partial charge in [-0.15, -0.1) is 0 Å². The molecule has 0 spiro atoms. The Labute approximate surface area is 194 Å². The lowest BCUT2D eigenvalue weighted by Crippen LogP contribution is -2.47. The van der Waals surface area contributed by atoms with Gasteiger partial charge in [0, 0.05) is 59.7 Å². The van der Waals surface area contributed by atoms with Gasteiger partial charge in [0.05, 0.1) is 23.5 Å². The lowest BCUT2D eigenvalue weighted by Gasteiger charge is -2.36. The van der Waals surface area contributed by atoms with E-state index >= 15 is 0 Å². The third-order valence-electron chi connectivity index (χ3n) is 5.93. The number of hydrogen-bond donors (Lipinski definition) is 1. The maximum absolute atomic E-state index is 13.4. The predicted octanol–water partition coefficient (Wildman–Crippen LogP) is 5.25. The fourth-order valence-corrected chi connectivity index (χ4v) is 5.34. The van der Waals surface area contributed by atoms with Gasteiger partial charge in [0.25, 0.3) is 0 Å². The molecular weight excluding hydrogens is 453 g/mol. The number of azide groups is 1. The number of alkyl halides is 3. The van der Waals surface area contributed by atoms with E-state index in [0.29, 0.717) is 24.5 Å². The van der Waals surface area contributed by atoms with Crippen LogP contribution in [0.25, 0.3) is 10.4 Å². The molecule has 0 saturated carbocycles. The first-order valence-corrected chi connectivity index (χ1v) is 11.6. The second-order valence-corrected chi connectivity index (χ2v) is 9.12. The minimum absolute atomic E-state index is 0.160. The zero-order chi connectivity index (χ0) is 23.4. The van der Waals surface area contributed by atoms with Crippen molar-refractivity contribution < 1.29 is 18.3 Å². The molecule has 0 unspecified atom stereocenters. The lowest BCUT2D eigenvalue weighted by molar-refractivity contribution is -0.137. The molecule has 0 bridgehead atoms. The maximum atomic E-state index is 13.4. The fourth-order valence-electron chi connectivity index (χ4n) is 4.23. The molecule has 0 aromatic heterocycles. The van der Waals surface area contributed by atoms with E-state index in [1.54, 1.807) is 12.1 Å². The second-order valence-electron chi connectivity index (χ2n) is 8.04. The van der Waals surface area contributed by atoms with Gasteiger partial charge in [-0.05, 0) is 48.8 Å². The molecule has 0 aliphatic carbocycles. The van der Waals surface area contributed by atoms with E-state index in [-0.39, 0.29) is 6.61 Å². The standard InChI is InChI=1S/C22H25F3N6OS/c23-22(24,25)16-2-5-20-19(14-16)31(18-4-3-17(27-28-26)15-21(18)33-20)7-1-6-29-8-10-30(11-9-29)12-13-32/h2-5,14-15,32H,1,6-13H2. The number of rotatable bonds is 7. The molecule has 7 nitrogen and oxygen atoms in total. The van der Waals surface area contributed by atoms with Crippen molar-refractivity contribution in [1.29, 1.82) is 0 Å². The highest BCUT2D eigenvalue weighted by Crippen LogP contribution is 2.50.